The van der Waals surface area contributed by atoms with Gasteiger partial charge in [0.1, 0.15) is 13.2 Å². The van der Waals surface area contributed by atoms with Gasteiger partial charge in [-0.25, -0.2) is 14.6 Å². The fourth-order valence-corrected chi connectivity index (χ4v) is 5.43. The van der Waals surface area contributed by atoms with Crippen LogP contribution in [0.1, 0.15) is 42.9 Å². The van der Waals surface area contributed by atoms with Crippen molar-refractivity contribution in [1.29, 1.82) is 0 Å². The van der Waals surface area contributed by atoms with E-state index in [1.165, 1.54) is 0 Å². The highest BCUT2D eigenvalue weighted by atomic mass is 16.7. The number of hydrogen-bond acceptors (Lipinski definition) is 11. The second kappa shape index (κ2) is 10.9. The van der Waals surface area contributed by atoms with E-state index in [1.54, 1.807) is 17.6 Å². The summed E-state index contributed by atoms with van der Waals surface area (Å²) in [5.41, 5.74) is 0.714. The van der Waals surface area contributed by atoms with Crippen LogP contribution < -0.4 is 15.7 Å². The molecule has 0 saturated carbocycles. The normalized spacial score (nSPS) is 16.4. The molecule has 0 radical (unpaired) electrons. The molecule has 0 saturated heterocycles. The highest BCUT2D eigenvalue weighted by Crippen LogP contribution is 2.41. The Bertz CT molecular complexity index is 1910. The summed E-state index contributed by atoms with van der Waals surface area (Å²) in [7, 11) is 0. The first-order chi connectivity index (χ1) is 21.1. The van der Waals surface area contributed by atoms with Gasteiger partial charge in [-0.2, -0.15) is 0 Å². The number of ether oxygens (including phenoxy) is 2. The predicted octanol–water partition coefficient (Wildman–Crippen LogP) is 1.40. The second-order valence-corrected chi connectivity index (χ2v) is 10.3. The molecule has 0 aliphatic carbocycles. The third-order valence-corrected chi connectivity index (χ3v) is 7.65. The van der Waals surface area contributed by atoms with Crippen molar-refractivity contribution in [2.45, 2.75) is 44.9 Å². The van der Waals surface area contributed by atoms with Crippen molar-refractivity contribution < 1.29 is 43.7 Å². The summed E-state index contributed by atoms with van der Waals surface area (Å²) >= 11 is 0. The van der Waals surface area contributed by atoms with Crippen LogP contribution in [-0.2, 0) is 47.4 Å². The van der Waals surface area contributed by atoms with Crippen molar-refractivity contribution in [2.24, 2.45) is 0 Å². The molecule has 0 spiro atoms. The number of carbonyl (C=O) groups is 4. The molecular formula is C30H26N4O10. The zero-order valence-corrected chi connectivity index (χ0v) is 23.4. The Kier molecular flexibility index (Phi) is 7.03. The topological polar surface area (TPSA) is 188 Å². The van der Waals surface area contributed by atoms with Gasteiger partial charge < -0.3 is 34.4 Å². The first-order valence-corrected chi connectivity index (χ1v) is 13.7. The van der Waals surface area contributed by atoms with Gasteiger partial charge in [-0.1, -0.05) is 25.1 Å². The van der Waals surface area contributed by atoms with Crippen LogP contribution in [0.5, 0.6) is 11.8 Å². The van der Waals surface area contributed by atoms with E-state index in [-0.39, 0.29) is 42.7 Å². The maximum absolute atomic E-state index is 13.6. The molecule has 14 nitrogen and oxygen atoms in total. The smallest absolute Gasteiger partial charge is 0.355 e. The summed E-state index contributed by atoms with van der Waals surface area (Å²) in [6, 6.07) is 13.4. The Balaban J connectivity index is 1.18. The van der Waals surface area contributed by atoms with Gasteiger partial charge >= 0.3 is 17.9 Å². The first-order valence-electron chi connectivity index (χ1n) is 13.7. The number of aromatic hydroxyl groups is 2. The number of cyclic esters (lactones) is 1. The largest absolute Gasteiger partial charge is 0.492 e. The molecule has 44 heavy (non-hydrogen) atoms. The summed E-state index contributed by atoms with van der Waals surface area (Å²) in [6.07, 6.45) is -0.872. The lowest BCUT2D eigenvalue weighted by Gasteiger charge is -2.35. The summed E-state index contributed by atoms with van der Waals surface area (Å²) < 4.78 is 13.0. The number of hydrogen-bond donors (Lipinski definition) is 3. The average molecular weight is 603 g/mol. The zero-order valence-electron chi connectivity index (χ0n) is 23.4. The minimum absolute atomic E-state index is 0.0512. The summed E-state index contributed by atoms with van der Waals surface area (Å²) in [6.45, 7) is 0.967. The van der Waals surface area contributed by atoms with Gasteiger partial charge in [0.25, 0.3) is 5.56 Å². The van der Waals surface area contributed by atoms with Gasteiger partial charge in [0.2, 0.25) is 23.3 Å². The molecule has 14 heteroatoms. The van der Waals surface area contributed by atoms with E-state index in [9.17, 15) is 34.2 Å². The second-order valence-electron chi connectivity index (χ2n) is 10.3. The minimum atomic E-state index is -1.94. The molecule has 0 unspecified atom stereocenters. The quantitative estimate of drug-likeness (QED) is 0.218. The van der Waals surface area contributed by atoms with E-state index in [2.05, 4.69) is 5.32 Å². The Morgan fingerprint density at radius 1 is 1.05 bits per heavy atom. The molecule has 3 N–H and O–H groups in total. The van der Waals surface area contributed by atoms with Crippen LogP contribution >= 0.6 is 0 Å². The molecule has 0 fully saturated rings. The van der Waals surface area contributed by atoms with Crippen LogP contribution in [0.25, 0.3) is 22.3 Å². The number of benzene rings is 1. The van der Waals surface area contributed by atoms with Crippen LogP contribution in [0, 0.1) is 0 Å². The number of esters is 2. The van der Waals surface area contributed by atoms with Gasteiger partial charge in [-0.05, 0) is 24.6 Å². The molecular weight excluding hydrogens is 576 g/mol. The molecule has 1 amide bonds. The molecule has 5 heterocycles. The monoisotopic (exact) mass is 602 g/mol. The fourth-order valence-electron chi connectivity index (χ4n) is 5.43. The Morgan fingerprint density at radius 2 is 1.80 bits per heavy atom. The van der Waals surface area contributed by atoms with Gasteiger partial charge in [0, 0.05) is 35.1 Å². The average Bonchev–Trinajstić information content (AvgIpc) is 3.53. The van der Waals surface area contributed by atoms with E-state index >= 15 is 0 Å². The summed E-state index contributed by atoms with van der Waals surface area (Å²) in [4.78, 5) is 73.5. The van der Waals surface area contributed by atoms with Gasteiger partial charge in [0.05, 0.1) is 35.4 Å². The fraction of sp³-hybridized carbons (Fsp3) is 0.267. The van der Waals surface area contributed by atoms with Crippen molar-refractivity contribution >= 4 is 34.7 Å². The SMILES string of the molecule is CC[C@]1(OC(=O)CNC(=O)CCC(=O)On2c(O)ccc2O)C(=O)OCc2c1cc1n(c2=O)Cc2cc3ccccc3nc2-1. The minimum Gasteiger partial charge on any atom is -0.492 e. The van der Waals surface area contributed by atoms with Crippen molar-refractivity contribution in [3.05, 3.63) is 75.6 Å². The third-order valence-electron chi connectivity index (χ3n) is 7.65. The molecule has 3 aromatic heterocycles. The molecule has 1 aromatic carbocycles. The van der Waals surface area contributed by atoms with Crippen LogP contribution in [-0.4, -0.2) is 54.9 Å². The highest BCUT2D eigenvalue weighted by Gasteiger charge is 2.50. The van der Waals surface area contributed by atoms with E-state index in [0.717, 1.165) is 28.6 Å². The van der Waals surface area contributed by atoms with E-state index < -0.39 is 54.1 Å². The molecule has 2 aliphatic rings. The summed E-state index contributed by atoms with van der Waals surface area (Å²) in [5.74, 6) is -4.49. The van der Waals surface area contributed by atoms with Crippen molar-refractivity contribution in [3.8, 4) is 23.1 Å². The Hall–Kier alpha value is -5.66. The Labute approximate surface area is 248 Å². The van der Waals surface area contributed by atoms with Crippen LogP contribution in [0.4, 0.5) is 0 Å². The van der Waals surface area contributed by atoms with E-state index in [4.69, 9.17) is 19.3 Å². The highest BCUT2D eigenvalue weighted by molar-refractivity contribution is 5.90. The standard InChI is InChI=1S/C30H26N4O10/c1-2-30(43-26(39)13-31-22(35)7-10-25(38)44-34-23(36)8-9-24(34)37)19-12-21-27-17(11-16-5-3-4-6-20(16)32-27)14-33(21)28(40)18(19)15-42-29(30)41/h3-6,8-9,11-12,36-37H,2,7,10,13-15H2,1H3,(H,31,35)/t30-/m1/s1. The van der Waals surface area contributed by atoms with Crippen LogP contribution in [0.15, 0.2) is 53.3 Å². The molecule has 4 aromatic rings. The lowest BCUT2D eigenvalue weighted by molar-refractivity contribution is -0.189. The first kappa shape index (κ1) is 28.5. The van der Waals surface area contributed by atoms with Crippen LogP contribution in [0.2, 0.25) is 0 Å². The maximum Gasteiger partial charge on any atom is 0.355 e. The predicted molar refractivity (Wildman–Crippen MR) is 150 cm³/mol. The van der Waals surface area contributed by atoms with Crippen molar-refractivity contribution in [2.75, 3.05) is 6.54 Å². The van der Waals surface area contributed by atoms with Crippen molar-refractivity contribution in [1.82, 2.24) is 19.6 Å². The van der Waals surface area contributed by atoms with Crippen LogP contribution in [0.3, 0.4) is 0 Å². The van der Waals surface area contributed by atoms with Gasteiger partial charge in [0.15, 0.2) is 0 Å². The molecule has 0 bridgehead atoms. The van der Waals surface area contributed by atoms with Gasteiger partial charge in [-0.3, -0.25) is 14.4 Å². The van der Waals surface area contributed by atoms with E-state index in [1.807, 2.05) is 30.3 Å². The lowest BCUT2D eigenvalue weighted by Crippen LogP contribution is -2.48. The molecule has 1 atom stereocenters. The molecule has 6 rings (SSSR count). The number of pyridine rings is 2. The Morgan fingerprint density at radius 3 is 2.55 bits per heavy atom. The number of nitrogens with one attached hydrogen (secondary N) is 1. The number of amides is 1. The van der Waals surface area contributed by atoms with Gasteiger partial charge in [-0.15, -0.1) is 4.73 Å². The zero-order chi connectivity index (χ0) is 31.2. The number of para-hydroxylation sites is 1. The molecule has 2 aliphatic heterocycles. The number of fused-ring (bicyclic) bond motifs is 5. The number of aromatic nitrogens is 3. The summed E-state index contributed by atoms with van der Waals surface area (Å²) in [5, 5.41) is 22.3. The maximum atomic E-state index is 13.6. The molecule has 226 valence electrons. The number of rotatable bonds is 8. The van der Waals surface area contributed by atoms with Crippen molar-refractivity contribution in [3.63, 3.8) is 0 Å². The third kappa shape index (κ3) is 4.79. The lowest BCUT2D eigenvalue weighted by atomic mass is 9.85. The number of carbonyl (C=O) groups excluding carboxylic acids is 4. The van der Waals surface area contributed by atoms with E-state index in [0.29, 0.717) is 16.1 Å². The number of nitrogens with zero attached hydrogens (tertiary/aromatic N) is 3.